The maximum atomic E-state index is 10.7. The number of hydrogen-bond donors (Lipinski definition) is 2. The summed E-state index contributed by atoms with van der Waals surface area (Å²) in [6.45, 7) is 2.23. The Morgan fingerprint density at radius 1 is 1.25 bits per heavy atom. The molecule has 92 valence electrons. The lowest BCUT2D eigenvalue weighted by Gasteiger charge is -2.49. The molecule has 0 heterocycles. The molecule has 0 atom stereocenters. The lowest BCUT2D eigenvalue weighted by atomic mass is 9.60. The van der Waals surface area contributed by atoms with Crippen LogP contribution in [-0.2, 0) is 4.79 Å². The molecule has 0 amide bonds. The summed E-state index contributed by atoms with van der Waals surface area (Å²) in [5.41, 5.74) is -0.651. The average molecular weight is 226 g/mol. The predicted molar refractivity (Wildman–Crippen MR) is 61.0 cm³/mol. The van der Waals surface area contributed by atoms with Crippen LogP contribution in [0.25, 0.3) is 0 Å². The number of carboxylic acids is 1. The molecule has 0 aromatic carbocycles. The summed E-state index contributed by atoms with van der Waals surface area (Å²) in [5.74, 6) is 0.141. The van der Waals surface area contributed by atoms with E-state index in [0.717, 1.165) is 18.8 Å². The summed E-state index contributed by atoms with van der Waals surface area (Å²) in [7, 11) is 0. The molecule has 3 heteroatoms. The first-order chi connectivity index (χ1) is 7.55. The first kappa shape index (κ1) is 11.9. The van der Waals surface area contributed by atoms with Gasteiger partial charge in [-0.3, -0.25) is 4.79 Å². The highest BCUT2D eigenvalue weighted by molar-refractivity contribution is 5.71. The molecule has 2 aliphatic carbocycles. The van der Waals surface area contributed by atoms with E-state index in [1.807, 2.05) is 0 Å². The second-order valence-electron chi connectivity index (χ2n) is 5.67. The minimum atomic E-state index is -0.744. The SMILES string of the molecule is CCC1CCC(C2(O)CC(C(=O)O)C2)CC1. The van der Waals surface area contributed by atoms with Crippen LogP contribution in [-0.4, -0.2) is 21.8 Å². The monoisotopic (exact) mass is 226 g/mol. The molecule has 0 unspecified atom stereocenters. The molecule has 3 nitrogen and oxygen atoms in total. The minimum absolute atomic E-state index is 0.297. The zero-order valence-corrected chi connectivity index (χ0v) is 9.98. The van der Waals surface area contributed by atoms with Gasteiger partial charge in [0, 0.05) is 0 Å². The van der Waals surface area contributed by atoms with Gasteiger partial charge in [-0.05, 0) is 37.5 Å². The highest BCUT2D eigenvalue weighted by Gasteiger charge is 2.51. The largest absolute Gasteiger partial charge is 0.481 e. The molecule has 0 aromatic heterocycles. The molecule has 16 heavy (non-hydrogen) atoms. The Balaban J connectivity index is 1.84. The zero-order valence-electron chi connectivity index (χ0n) is 9.98. The minimum Gasteiger partial charge on any atom is -0.481 e. The molecule has 2 saturated carbocycles. The van der Waals surface area contributed by atoms with Crippen LogP contribution in [0, 0.1) is 17.8 Å². The van der Waals surface area contributed by atoms with Gasteiger partial charge in [-0.1, -0.05) is 26.2 Å². The van der Waals surface area contributed by atoms with E-state index >= 15 is 0 Å². The molecular weight excluding hydrogens is 204 g/mol. The van der Waals surface area contributed by atoms with Gasteiger partial charge in [0.15, 0.2) is 0 Å². The van der Waals surface area contributed by atoms with Gasteiger partial charge in [0.1, 0.15) is 0 Å². The number of carbonyl (C=O) groups is 1. The Hall–Kier alpha value is -0.570. The van der Waals surface area contributed by atoms with E-state index in [1.165, 1.54) is 19.3 Å². The first-order valence-electron chi connectivity index (χ1n) is 6.50. The third-order valence-electron chi connectivity index (χ3n) is 4.73. The summed E-state index contributed by atoms with van der Waals surface area (Å²) in [6, 6.07) is 0. The van der Waals surface area contributed by atoms with Crippen LogP contribution in [0.1, 0.15) is 51.9 Å². The van der Waals surface area contributed by atoms with Crippen LogP contribution >= 0.6 is 0 Å². The van der Waals surface area contributed by atoms with Gasteiger partial charge < -0.3 is 10.2 Å². The summed E-state index contributed by atoms with van der Waals surface area (Å²) in [5, 5.41) is 19.2. The average Bonchev–Trinajstić information content (AvgIpc) is 2.24. The fraction of sp³-hybridized carbons (Fsp3) is 0.923. The van der Waals surface area contributed by atoms with E-state index < -0.39 is 11.6 Å². The lowest BCUT2D eigenvalue weighted by Crippen LogP contribution is -2.53. The summed E-state index contributed by atoms with van der Waals surface area (Å²) in [4.78, 5) is 10.7. The second-order valence-corrected chi connectivity index (χ2v) is 5.67. The molecule has 2 rings (SSSR count). The van der Waals surface area contributed by atoms with Gasteiger partial charge in [0.05, 0.1) is 11.5 Å². The van der Waals surface area contributed by atoms with E-state index in [2.05, 4.69) is 6.92 Å². The van der Waals surface area contributed by atoms with Gasteiger partial charge in [-0.15, -0.1) is 0 Å². The second kappa shape index (κ2) is 4.36. The highest BCUT2D eigenvalue weighted by atomic mass is 16.4. The van der Waals surface area contributed by atoms with Gasteiger partial charge in [0.2, 0.25) is 0 Å². The van der Waals surface area contributed by atoms with Gasteiger partial charge >= 0.3 is 5.97 Å². The van der Waals surface area contributed by atoms with Crippen molar-refractivity contribution in [2.24, 2.45) is 17.8 Å². The molecule has 0 aromatic rings. The van der Waals surface area contributed by atoms with Crippen molar-refractivity contribution >= 4 is 5.97 Å². The number of aliphatic hydroxyl groups is 1. The van der Waals surface area contributed by atoms with Crippen LogP contribution in [0.15, 0.2) is 0 Å². The van der Waals surface area contributed by atoms with Crippen molar-refractivity contribution in [3.63, 3.8) is 0 Å². The Labute approximate surface area is 96.9 Å². The number of rotatable bonds is 3. The van der Waals surface area contributed by atoms with Crippen molar-refractivity contribution in [2.45, 2.75) is 57.5 Å². The van der Waals surface area contributed by atoms with Crippen molar-refractivity contribution < 1.29 is 15.0 Å². The van der Waals surface area contributed by atoms with Crippen molar-refractivity contribution in [1.82, 2.24) is 0 Å². The Morgan fingerprint density at radius 3 is 2.25 bits per heavy atom. The molecule has 2 N–H and O–H groups in total. The van der Waals surface area contributed by atoms with Gasteiger partial charge in [-0.25, -0.2) is 0 Å². The number of carboxylic acid groups (broad SMARTS) is 1. The molecule has 0 radical (unpaired) electrons. The maximum Gasteiger partial charge on any atom is 0.306 e. The van der Waals surface area contributed by atoms with Crippen LogP contribution in [0.2, 0.25) is 0 Å². The van der Waals surface area contributed by atoms with E-state index in [4.69, 9.17) is 5.11 Å². The van der Waals surface area contributed by atoms with Gasteiger partial charge in [0.25, 0.3) is 0 Å². The Bertz CT molecular complexity index is 260. The van der Waals surface area contributed by atoms with Crippen molar-refractivity contribution in [2.75, 3.05) is 0 Å². The molecule has 2 fully saturated rings. The lowest BCUT2D eigenvalue weighted by molar-refractivity contribution is -0.169. The van der Waals surface area contributed by atoms with Crippen LogP contribution in [0.5, 0.6) is 0 Å². The van der Waals surface area contributed by atoms with Crippen LogP contribution < -0.4 is 0 Å². The van der Waals surface area contributed by atoms with E-state index in [-0.39, 0.29) is 5.92 Å². The maximum absolute atomic E-state index is 10.7. The fourth-order valence-corrected chi connectivity index (χ4v) is 3.41. The Kier molecular flexibility index (Phi) is 3.24. The van der Waals surface area contributed by atoms with E-state index in [0.29, 0.717) is 18.8 Å². The zero-order chi connectivity index (χ0) is 11.8. The van der Waals surface area contributed by atoms with Crippen molar-refractivity contribution in [1.29, 1.82) is 0 Å². The molecule has 0 aliphatic heterocycles. The third-order valence-corrected chi connectivity index (χ3v) is 4.73. The van der Waals surface area contributed by atoms with E-state index in [9.17, 15) is 9.90 Å². The third kappa shape index (κ3) is 2.10. The molecular formula is C13H22O3. The summed E-state index contributed by atoms with van der Waals surface area (Å²) >= 11 is 0. The van der Waals surface area contributed by atoms with Crippen molar-refractivity contribution in [3.8, 4) is 0 Å². The van der Waals surface area contributed by atoms with Crippen LogP contribution in [0.4, 0.5) is 0 Å². The summed E-state index contributed by atoms with van der Waals surface area (Å²) < 4.78 is 0. The first-order valence-corrected chi connectivity index (χ1v) is 6.50. The van der Waals surface area contributed by atoms with Crippen molar-refractivity contribution in [3.05, 3.63) is 0 Å². The number of hydrogen-bond acceptors (Lipinski definition) is 2. The topological polar surface area (TPSA) is 57.5 Å². The Morgan fingerprint density at radius 2 is 1.81 bits per heavy atom. The number of aliphatic carboxylic acids is 1. The predicted octanol–water partition coefficient (Wildman–Crippen LogP) is 2.43. The molecule has 0 bridgehead atoms. The fourth-order valence-electron chi connectivity index (χ4n) is 3.41. The highest BCUT2D eigenvalue weighted by Crippen LogP contribution is 2.49. The quantitative estimate of drug-likeness (QED) is 0.777. The van der Waals surface area contributed by atoms with E-state index in [1.54, 1.807) is 0 Å². The van der Waals surface area contributed by atoms with Gasteiger partial charge in [-0.2, -0.15) is 0 Å². The normalized spacial score (nSPS) is 43.8. The van der Waals surface area contributed by atoms with Crippen LogP contribution in [0.3, 0.4) is 0 Å². The molecule has 2 aliphatic rings. The molecule has 0 spiro atoms. The molecule has 0 saturated heterocycles. The smallest absolute Gasteiger partial charge is 0.306 e. The standard InChI is InChI=1S/C13H22O3/c1-2-9-3-5-11(6-4-9)13(16)7-10(8-13)12(14)15/h9-11,16H,2-8H2,1H3,(H,14,15). The summed E-state index contributed by atoms with van der Waals surface area (Å²) in [6.07, 6.45) is 6.78.